The first-order valence-electron chi connectivity index (χ1n) is 7.86. The summed E-state index contributed by atoms with van der Waals surface area (Å²) in [5.74, 6) is 1.63. The van der Waals surface area contributed by atoms with Crippen molar-refractivity contribution in [2.75, 3.05) is 7.11 Å². The van der Waals surface area contributed by atoms with Gasteiger partial charge in [0.05, 0.1) is 23.5 Å². The van der Waals surface area contributed by atoms with Crippen LogP contribution < -0.4 is 4.74 Å². The minimum absolute atomic E-state index is 0.772. The number of fused-ring (bicyclic) bond motifs is 1. The third kappa shape index (κ3) is 3.76. The smallest absolute Gasteiger partial charge is 0.151 e. The number of hydrogen-bond acceptors (Lipinski definition) is 7. The number of nitrogens with zero attached hydrogens (tertiary/aromatic N) is 5. The SMILES string of the molecule is COc1ccc(/C=N\n2cncn2)cc1CSc1nc2ccccc2s1. The van der Waals surface area contributed by atoms with Gasteiger partial charge in [0.15, 0.2) is 4.34 Å². The van der Waals surface area contributed by atoms with E-state index in [1.54, 1.807) is 42.8 Å². The molecule has 130 valence electrons. The van der Waals surface area contributed by atoms with Crippen LogP contribution in [0.4, 0.5) is 0 Å². The maximum absolute atomic E-state index is 5.50. The van der Waals surface area contributed by atoms with Crippen LogP contribution in [0.25, 0.3) is 10.2 Å². The molecular weight excluding hydrogens is 366 g/mol. The highest BCUT2D eigenvalue weighted by molar-refractivity contribution is 8.00. The zero-order valence-corrected chi connectivity index (χ0v) is 15.6. The Morgan fingerprint density at radius 2 is 2.19 bits per heavy atom. The quantitative estimate of drug-likeness (QED) is 0.372. The molecule has 0 aliphatic heterocycles. The highest BCUT2D eigenvalue weighted by Crippen LogP contribution is 2.33. The number of thioether (sulfide) groups is 1. The van der Waals surface area contributed by atoms with Crippen LogP contribution in [0.15, 0.2) is 64.6 Å². The predicted molar refractivity (Wildman–Crippen MR) is 105 cm³/mol. The first-order valence-corrected chi connectivity index (χ1v) is 9.66. The van der Waals surface area contributed by atoms with E-state index < -0.39 is 0 Å². The van der Waals surface area contributed by atoms with Crippen molar-refractivity contribution in [2.45, 2.75) is 10.1 Å². The standard InChI is InChI=1S/C18H15N5OS2/c1-24-16-7-6-13(9-20-23-12-19-11-21-23)8-14(16)10-25-18-22-15-4-2-3-5-17(15)26-18/h2-9,11-12H,10H2,1H3/b20-9-. The molecule has 6 nitrogen and oxygen atoms in total. The fourth-order valence-corrected chi connectivity index (χ4v) is 4.48. The number of benzene rings is 2. The summed E-state index contributed by atoms with van der Waals surface area (Å²) in [4.78, 5) is 9.96. The Labute approximate surface area is 158 Å². The Balaban J connectivity index is 1.53. The summed E-state index contributed by atoms with van der Waals surface area (Å²) in [6.07, 6.45) is 4.75. The van der Waals surface area contributed by atoms with Crippen LogP contribution in [-0.4, -0.2) is 33.2 Å². The highest BCUT2D eigenvalue weighted by atomic mass is 32.2. The van der Waals surface area contributed by atoms with E-state index in [0.29, 0.717) is 0 Å². The number of hydrogen-bond donors (Lipinski definition) is 0. The van der Waals surface area contributed by atoms with E-state index in [9.17, 15) is 0 Å². The molecule has 4 rings (SSSR count). The van der Waals surface area contributed by atoms with E-state index in [-0.39, 0.29) is 0 Å². The molecule has 8 heteroatoms. The fourth-order valence-electron chi connectivity index (χ4n) is 2.43. The Morgan fingerprint density at radius 1 is 1.27 bits per heavy atom. The van der Waals surface area contributed by atoms with Crippen molar-refractivity contribution >= 4 is 39.5 Å². The van der Waals surface area contributed by atoms with Crippen LogP contribution >= 0.6 is 23.1 Å². The largest absolute Gasteiger partial charge is 0.496 e. The normalized spacial score (nSPS) is 11.4. The molecule has 0 saturated heterocycles. The van der Waals surface area contributed by atoms with Crippen molar-refractivity contribution in [2.24, 2.45) is 5.10 Å². The molecule has 0 spiro atoms. The summed E-state index contributed by atoms with van der Waals surface area (Å²) in [7, 11) is 1.68. The molecule has 0 fully saturated rings. The second-order valence-corrected chi connectivity index (χ2v) is 7.62. The minimum Gasteiger partial charge on any atom is -0.496 e. The van der Waals surface area contributed by atoms with E-state index in [1.165, 1.54) is 15.8 Å². The second-order valence-electron chi connectivity index (χ2n) is 5.37. The predicted octanol–water partition coefficient (Wildman–Crippen LogP) is 4.07. The van der Waals surface area contributed by atoms with Crippen LogP contribution in [0.1, 0.15) is 11.1 Å². The molecule has 2 aromatic carbocycles. The van der Waals surface area contributed by atoms with Gasteiger partial charge in [0, 0.05) is 11.3 Å². The molecule has 0 saturated carbocycles. The van der Waals surface area contributed by atoms with Crippen molar-refractivity contribution in [3.8, 4) is 5.75 Å². The number of ether oxygens (including phenoxy) is 1. The van der Waals surface area contributed by atoms with Crippen LogP contribution in [-0.2, 0) is 5.75 Å². The maximum atomic E-state index is 5.50. The lowest BCUT2D eigenvalue weighted by Gasteiger charge is -2.08. The average molecular weight is 381 g/mol. The van der Waals surface area contributed by atoms with Gasteiger partial charge in [0.2, 0.25) is 0 Å². The average Bonchev–Trinajstić information content (AvgIpc) is 3.33. The Hall–Kier alpha value is -2.71. The summed E-state index contributed by atoms with van der Waals surface area (Å²) in [5.41, 5.74) is 3.11. The molecule has 0 atom stereocenters. The Bertz CT molecular complexity index is 1010. The summed E-state index contributed by atoms with van der Waals surface area (Å²) in [6.45, 7) is 0. The van der Waals surface area contributed by atoms with Gasteiger partial charge in [-0.05, 0) is 35.9 Å². The molecule has 2 aromatic heterocycles. The van der Waals surface area contributed by atoms with Crippen molar-refractivity contribution in [3.05, 3.63) is 66.2 Å². The highest BCUT2D eigenvalue weighted by Gasteiger charge is 2.08. The van der Waals surface area contributed by atoms with Crippen LogP contribution in [0.3, 0.4) is 0 Å². The van der Waals surface area contributed by atoms with E-state index in [1.807, 2.05) is 30.3 Å². The second kappa shape index (κ2) is 7.67. The van der Waals surface area contributed by atoms with E-state index in [4.69, 9.17) is 4.74 Å². The minimum atomic E-state index is 0.772. The molecule has 2 heterocycles. The summed E-state index contributed by atoms with van der Waals surface area (Å²) in [6, 6.07) is 14.2. The first kappa shape index (κ1) is 16.7. The summed E-state index contributed by atoms with van der Waals surface area (Å²) in [5, 5.41) is 8.20. The third-order valence-corrected chi connectivity index (χ3v) is 5.89. The van der Waals surface area contributed by atoms with Gasteiger partial charge < -0.3 is 4.74 Å². The molecule has 0 N–H and O–H groups in total. The molecule has 0 bridgehead atoms. The van der Waals surface area contributed by atoms with Gasteiger partial charge >= 0.3 is 0 Å². The zero-order chi connectivity index (χ0) is 17.8. The molecule has 0 unspecified atom stereocenters. The topological polar surface area (TPSA) is 65.2 Å². The number of para-hydroxylation sites is 1. The lowest BCUT2D eigenvalue weighted by atomic mass is 10.1. The van der Waals surface area contributed by atoms with Gasteiger partial charge in [-0.3, -0.25) is 0 Å². The lowest BCUT2D eigenvalue weighted by molar-refractivity contribution is 0.411. The molecule has 0 aliphatic rings. The van der Waals surface area contributed by atoms with E-state index in [0.717, 1.165) is 32.5 Å². The lowest BCUT2D eigenvalue weighted by Crippen LogP contribution is -1.95. The third-order valence-electron chi connectivity index (χ3n) is 3.66. The van der Waals surface area contributed by atoms with Gasteiger partial charge in [0.1, 0.15) is 18.4 Å². The number of thiazole rings is 1. The monoisotopic (exact) mass is 381 g/mol. The molecular formula is C18H15N5OS2. The van der Waals surface area contributed by atoms with Crippen LogP contribution in [0.5, 0.6) is 5.75 Å². The van der Waals surface area contributed by atoms with Crippen LogP contribution in [0, 0.1) is 0 Å². The van der Waals surface area contributed by atoms with Crippen molar-refractivity contribution in [1.82, 2.24) is 19.9 Å². The molecule has 0 aliphatic carbocycles. The van der Waals surface area contributed by atoms with Gasteiger partial charge in [-0.25, -0.2) is 9.97 Å². The summed E-state index contributed by atoms with van der Waals surface area (Å²) >= 11 is 3.42. The maximum Gasteiger partial charge on any atom is 0.151 e. The Kier molecular flexibility index (Phi) is 4.94. The van der Waals surface area contributed by atoms with Gasteiger partial charge in [-0.1, -0.05) is 23.9 Å². The van der Waals surface area contributed by atoms with E-state index >= 15 is 0 Å². The van der Waals surface area contributed by atoms with Gasteiger partial charge in [-0.2, -0.15) is 5.10 Å². The first-order chi connectivity index (χ1) is 12.8. The fraction of sp³-hybridized carbons (Fsp3) is 0.111. The molecule has 26 heavy (non-hydrogen) atoms. The van der Waals surface area contributed by atoms with Gasteiger partial charge in [-0.15, -0.1) is 21.2 Å². The van der Waals surface area contributed by atoms with Crippen LogP contribution in [0.2, 0.25) is 0 Å². The van der Waals surface area contributed by atoms with Gasteiger partial charge in [0.25, 0.3) is 0 Å². The van der Waals surface area contributed by atoms with Crippen molar-refractivity contribution in [1.29, 1.82) is 0 Å². The number of methoxy groups -OCH3 is 1. The molecule has 0 radical (unpaired) electrons. The van der Waals surface area contributed by atoms with E-state index in [2.05, 4.69) is 32.3 Å². The molecule has 0 amide bonds. The number of aromatic nitrogens is 4. The number of rotatable bonds is 6. The zero-order valence-electron chi connectivity index (χ0n) is 13.9. The van der Waals surface area contributed by atoms with Crippen molar-refractivity contribution in [3.63, 3.8) is 0 Å². The Morgan fingerprint density at radius 3 is 3.00 bits per heavy atom. The molecule has 4 aromatic rings. The summed E-state index contributed by atoms with van der Waals surface area (Å²) < 4.78 is 7.75. The van der Waals surface area contributed by atoms with Crippen molar-refractivity contribution < 1.29 is 4.74 Å².